The van der Waals surface area contributed by atoms with Crippen LogP contribution < -0.4 is 5.32 Å². The number of benzene rings is 1. The molecule has 0 unspecified atom stereocenters. The summed E-state index contributed by atoms with van der Waals surface area (Å²) in [4.78, 5) is 18.9. The van der Waals surface area contributed by atoms with E-state index in [9.17, 15) is 4.79 Å². The van der Waals surface area contributed by atoms with Crippen molar-refractivity contribution in [2.45, 2.75) is 19.6 Å². The number of amides is 1. The van der Waals surface area contributed by atoms with E-state index in [4.69, 9.17) is 9.15 Å². The van der Waals surface area contributed by atoms with E-state index in [0.717, 1.165) is 18.7 Å². The molecule has 0 bridgehead atoms. The fraction of sp³-hybridized carbons (Fsp3) is 0.389. The molecule has 28 heavy (non-hydrogen) atoms. The van der Waals surface area contributed by atoms with E-state index in [1.807, 2.05) is 30.3 Å². The molecule has 1 amide bonds. The Morgan fingerprint density at radius 3 is 2.82 bits per heavy atom. The molecule has 10 heteroatoms. The standard InChI is InChI=1S/C18H21N7O3/c26-17(12-25-16(21-22-23-25)11-24-6-8-27-9-7-24)19-10-15-13-28-18(20-15)14-4-2-1-3-5-14/h1-5,13H,6-12H2,(H,19,26). The van der Waals surface area contributed by atoms with Crippen LogP contribution >= 0.6 is 0 Å². The fourth-order valence-corrected chi connectivity index (χ4v) is 2.90. The number of ether oxygens (including phenoxy) is 1. The first kappa shape index (κ1) is 18.3. The minimum atomic E-state index is -0.195. The van der Waals surface area contributed by atoms with Gasteiger partial charge in [-0.25, -0.2) is 9.67 Å². The Balaban J connectivity index is 1.29. The molecule has 0 radical (unpaired) electrons. The first-order chi connectivity index (χ1) is 13.8. The molecule has 0 saturated carbocycles. The van der Waals surface area contributed by atoms with E-state index in [-0.39, 0.29) is 19.0 Å². The van der Waals surface area contributed by atoms with E-state index in [1.165, 1.54) is 4.68 Å². The number of morpholine rings is 1. The summed E-state index contributed by atoms with van der Waals surface area (Å²) in [6.07, 6.45) is 1.55. The maximum atomic E-state index is 12.3. The molecule has 3 heterocycles. The maximum absolute atomic E-state index is 12.3. The van der Waals surface area contributed by atoms with Crippen molar-refractivity contribution < 1.29 is 13.9 Å². The van der Waals surface area contributed by atoms with Gasteiger partial charge in [0.25, 0.3) is 0 Å². The zero-order chi connectivity index (χ0) is 19.2. The molecule has 1 saturated heterocycles. The Morgan fingerprint density at radius 1 is 1.18 bits per heavy atom. The van der Waals surface area contributed by atoms with Crippen molar-refractivity contribution in [2.24, 2.45) is 0 Å². The first-order valence-electron chi connectivity index (χ1n) is 9.09. The summed E-state index contributed by atoms with van der Waals surface area (Å²) < 4.78 is 12.3. The first-order valence-corrected chi connectivity index (χ1v) is 9.09. The molecule has 1 N–H and O–H groups in total. The van der Waals surface area contributed by atoms with Crippen molar-refractivity contribution in [3.05, 3.63) is 48.1 Å². The second-order valence-corrected chi connectivity index (χ2v) is 6.43. The number of nitrogens with one attached hydrogen (secondary N) is 1. The van der Waals surface area contributed by atoms with Crippen LogP contribution in [0.25, 0.3) is 11.5 Å². The number of oxazole rings is 1. The highest BCUT2D eigenvalue weighted by Gasteiger charge is 2.17. The van der Waals surface area contributed by atoms with Crippen molar-refractivity contribution >= 4 is 5.91 Å². The molecule has 0 atom stereocenters. The molecule has 0 aliphatic carbocycles. The summed E-state index contributed by atoms with van der Waals surface area (Å²) in [6.45, 7) is 3.97. The van der Waals surface area contributed by atoms with Crippen LogP contribution in [0.2, 0.25) is 0 Å². The lowest BCUT2D eigenvalue weighted by molar-refractivity contribution is -0.122. The highest BCUT2D eigenvalue weighted by Crippen LogP contribution is 2.17. The Morgan fingerprint density at radius 2 is 2.00 bits per heavy atom. The van der Waals surface area contributed by atoms with Crippen LogP contribution in [0.15, 0.2) is 41.0 Å². The lowest BCUT2D eigenvalue weighted by atomic mass is 10.2. The van der Waals surface area contributed by atoms with Crippen LogP contribution in [0.1, 0.15) is 11.5 Å². The largest absolute Gasteiger partial charge is 0.444 e. The monoisotopic (exact) mass is 383 g/mol. The van der Waals surface area contributed by atoms with E-state index < -0.39 is 0 Å². The van der Waals surface area contributed by atoms with Crippen LogP contribution in [0.4, 0.5) is 0 Å². The minimum absolute atomic E-state index is 0.0517. The van der Waals surface area contributed by atoms with Crippen LogP contribution in [-0.4, -0.2) is 62.3 Å². The van der Waals surface area contributed by atoms with Crippen molar-refractivity contribution in [3.8, 4) is 11.5 Å². The third-order valence-electron chi connectivity index (χ3n) is 4.41. The zero-order valence-corrected chi connectivity index (χ0v) is 15.3. The second kappa shape index (κ2) is 8.72. The van der Waals surface area contributed by atoms with Crippen molar-refractivity contribution in [1.29, 1.82) is 0 Å². The molecule has 1 aliphatic heterocycles. The third kappa shape index (κ3) is 4.59. The van der Waals surface area contributed by atoms with Crippen LogP contribution in [0, 0.1) is 0 Å². The smallest absolute Gasteiger partial charge is 0.242 e. The second-order valence-electron chi connectivity index (χ2n) is 6.43. The molecule has 1 fully saturated rings. The average molecular weight is 383 g/mol. The molecule has 2 aromatic heterocycles. The number of carbonyl (C=O) groups is 1. The van der Waals surface area contributed by atoms with Gasteiger partial charge in [0.05, 0.1) is 32.0 Å². The van der Waals surface area contributed by atoms with Gasteiger partial charge in [0, 0.05) is 18.7 Å². The highest BCUT2D eigenvalue weighted by atomic mass is 16.5. The predicted octanol–water partition coefficient (Wildman–Crippen LogP) is 0.477. The third-order valence-corrected chi connectivity index (χ3v) is 4.41. The maximum Gasteiger partial charge on any atom is 0.242 e. The summed E-state index contributed by atoms with van der Waals surface area (Å²) in [5.41, 5.74) is 1.54. The van der Waals surface area contributed by atoms with E-state index in [2.05, 4.69) is 30.7 Å². The Kier molecular flexibility index (Phi) is 5.69. The summed E-state index contributed by atoms with van der Waals surface area (Å²) in [6, 6.07) is 9.60. The molecular formula is C18H21N7O3. The fourth-order valence-electron chi connectivity index (χ4n) is 2.90. The van der Waals surface area contributed by atoms with E-state index >= 15 is 0 Å². The molecule has 1 aliphatic rings. The summed E-state index contributed by atoms with van der Waals surface area (Å²) >= 11 is 0. The van der Waals surface area contributed by atoms with Gasteiger partial charge in [0.1, 0.15) is 12.8 Å². The van der Waals surface area contributed by atoms with Crippen molar-refractivity contribution in [3.63, 3.8) is 0 Å². The van der Waals surface area contributed by atoms with Gasteiger partial charge in [-0.05, 0) is 22.6 Å². The minimum Gasteiger partial charge on any atom is -0.444 e. The van der Waals surface area contributed by atoms with Gasteiger partial charge in [0.2, 0.25) is 11.8 Å². The van der Waals surface area contributed by atoms with Crippen molar-refractivity contribution in [1.82, 2.24) is 35.4 Å². The van der Waals surface area contributed by atoms with Gasteiger partial charge in [-0.15, -0.1) is 5.10 Å². The number of tetrazole rings is 1. The van der Waals surface area contributed by atoms with Crippen LogP contribution in [-0.2, 0) is 29.2 Å². The Hall–Kier alpha value is -3.11. The molecule has 1 aromatic carbocycles. The van der Waals surface area contributed by atoms with Gasteiger partial charge in [-0.2, -0.15) is 0 Å². The summed E-state index contributed by atoms with van der Waals surface area (Å²) in [5, 5.41) is 14.5. The van der Waals surface area contributed by atoms with E-state index in [0.29, 0.717) is 37.2 Å². The number of rotatable bonds is 7. The van der Waals surface area contributed by atoms with Gasteiger partial charge in [-0.3, -0.25) is 9.69 Å². The molecule has 146 valence electrons. The SMILES string of the molecule is O=C(Cn1nnnc1CN1CCOCC1)NCc1coc(-c2ccccc2)n1. The van der Waals surface area contributed by atoms with Gasteiger partial charge >= 0.3 is 0 Å². The molecule has 4 rings (SSSR count). The zero-order valence-electron chi connectivity index (χ0n) is 15.3. The van der Waals surface area contributed by atoms with E-state index in [1.54, 1.807) is 6.26 Å². The molecule has 3 aromatic rings. The van der Waals surface area contributed by atoms with Gasteiger partial charge in [-0.1, -0.05) is 18.2 Å². The summed E-state index contributed by atoms with van der Waals surface area (Å²) in [5.74, 6) is 0.989. The molecular weight excluding hydrogens is 362 g/mol. The molecule has 10 nitrogen and oxygen atoms in total. The van der Waals surface area contributed by atoms with Crippen LogP contribution in [0.3, 0.4) is 0 Å². The lowest BCUT2D eigenvalue weighted by Gasteiger charge is -2.25. The van der Waals surface area contributed by atoms with Crippen LogP contribution in [0.5, 0.6) is 0 Å². The number of carbonyl (C=O) groups excluding carboxylic acids is 1. The quantitative estimate of drug-likeness (QED) is 0.627. The van der Waals surface area contributed by atoms with Crippen molar-refractivity contribution in [2.75, 3.05) is 26.3 Å². The van der Waals surface area contributed by atoms with Gasteiger partial charge < -0.3 is 14.5 Å². The predicted molar refractivity (Wildman–Crippen MR) is 97.7 cm³/mol. The normalized spacial score (nSPS) is 14.9. The Bertz CT molecular complexity index is 903. The number of hydrogen-bond donors (Lipinski definition) is 1. The highest BCUT2D eigenvalue weighted by molar-refractivity contribution is 5.75. The summed E-state index contributed by atoms with van der Waals surface area (Å²) in [7, 11) is 0. The molecule has 0 spiro atoms. The number of nitrogens with zero attached hydrogens (tertiary/aromatic N) is 6. The Labute approximate surface area is 161 Å². The van der Waals surface area contributed by atoms with Gasteiger partial charge in [0.15, 0.2) is 5.82 Å². The average Bonchev–Trinajstić information content (AvgIpc) is 3.38. The topological polar surface area (TPSA) is 111 Å². The number of hydrogen-bond acceptors (Lipinski definition) is 8. The lowest BCUT2D eigenvalue weighted by Crippen LogP contribution is -2.37. The number of aromatic nitrogens is 5.